The third kappa shape index (κ3) is 2.92. The van der Waals surface area contributed by atoms with E-state index < -0.39 is 0 Å². The molecule has 8 heteroatoms. The molecule has 0 aliphatic carbocycles. The molecule has 0 aliphatic heterocycles. The lowest BCUT2D eigenvalue weighted by Crippen LogP contribution is -2.24. The summed E-state index contributed by atoms with van der Waals surface area (Å²) >= 11 is 12.0. The molecule has 2 heterocycles. The van der Waals surface area contributed by atoms with Crippen LogP contribution in [0.4, 0.5) is 5.95 Å². The van der Waals surface area contributed by atoms with Gasteiger partial charge in [0.2, 0.25) is 5.95 Å². The van der Waals surface area contributed by atoms with Crippen LogP contribution >= 0.6 is 23.2 Å². The number of hydrogen-bond donors (Lipinski definition) is 2. The summed E-state index contributed by atoms with van der Waals surface area (Å²) in [4.78, 5) is 21.3. The van der Waals surface area contributed by atoms with Crippen molar-refractivity contribution in [2.45, 2.75) is 26.2 Å². The summed E-state index contributed by atoms with van der Waals surface area (Å²) in [5.74, 6) is 0.494. The van der Waals surface area contributed by atoms with Crippen LogP contribution in [0.5, 0.6) is 0 Å². The molecule has 3 N–H and O–H groups in total. The number of nitrogens with two attached hydrogens (primary N) is 1. The van der Waals surface area contributed by atoms with Crippen LogP contribution in [0.3, 0.4) is 0 Å². The molecule has 0 aliphatic rings. The van der Waals surface area contributed by atoms with Crippen LogP contribution in [0.1, 0.15) is 36.6 Å². The molecular formula is C15H15Cl2N5O. The predicted molar refractivity (Wildman–Crippen MR) is 91.4 cm³/mol. The van der Waals surface area contributed by atoms with E-state index in [0.29, 0.717) is 27.7 Å². The molecule has 3 aromatic rings. The van der Waals surface area contributed by atoms with E-state index in [-0.39, 0.29) is 23.2 Å². The van der Waals surface area contributed by atoms with Gasteiger partial charge in [-0.15, -0.1) is 0 Å². The van der Waals surface area contributed by atoms with Gasteiger partial charge in [-0.25, -0.2) is 4.98 Å². The lowest BCUT2D eigenvalue weighted by atomic mass is 9.99. The average molecular weight is 352 g/mol. The number of anilines is 1. The van der Waals surface area contributed by atoms with Crippen LogP contribution in [0, 0.1) is 0 Å². The molecule has 0 spiro atoms. The Morgan fingerprint density at radius 3 is 2.65 bits per heavy atom. The highest BCUT2D eigenvalue weighted by molar-refractivity contribution is 6.42. The van der Waals surface area contributed by atoms with E-state index in [9.17, 15) is 4.79 Å². The van der Waals surface area contributed by atoms with E-state index in [4.69, 9.17) is 28.9 Å². The molecule has 120 valence electrons. The zero-order valence-corrected chi connectivity index (χ0v) is 14.1. The van der Waals surface area contributed by atoms with Gasteiger partial charge in [0.25, 0.3) is 11.3 Å². The Hall–Kier alpha value is -2.05. The maximum absolute atomic E-state index is 12.8. The molecule has 1 aromatic carbocycles. The van der Waals surface area contributed by atoms with Crippen molar-refractivity contribution in [3.8, 4) is 0 Å². The summed E-state index contributed by atoms with van der Waals surface area (Å²) < 4.78 is 1.26. The molecule has 0 fully saturated rings. The van der Waals surface area contributed by atoms with Gasteiger partial charge in [-0.05, 0) is 23.6 Å². The quantitative estimate of drug-likeness (QED) is 0.758. The van der Waals surface area contributed by atoms with Crippen molar-refractivity contribution < 1.29 is 0 Å². The fraction of sp³-hybridized carbons (Fsp3) is 0.267. The fourth-order valence-electron chi connectivity index (χ4n) is 2.48. The van der Waals surface area contributed by atoms with E-state index in [1.807, 2.05) is 19.9 Å². The minimum atomic E-state index is -0.214. The predicted octanol–water partition coefficient (Wildman–Crippen LogP) is 3.02. The molecule has 6 nitrogen and oxygen atoms in total. The topological polar surface area (TPSA) is 89.1 Å². The van der Waals surface area contributed by atoms with Crippen LogP contribution in [0.15, 0.2) is 23.0 Å². The first kappa shape index (κ1) is 15.8. The Kier molecular flexibility index (Phi) is 4.04. The first-order chi connectivity index (χ1) is 10.9. The number of nitrogens with one attached hydrogen (secondary N) is 1. The molecule has 2 aromatic heterocycles. The van der Waals surface area contributed by atoms with Gasteiger partial charge in [-0.3, -0.25) is 9.89 Å². The standard InChI is InChI=1S/C15H15Cl2N5O/c1-7(2)12-9(5-8-3-4-10(16)11(17)6-8)13(23)22-15(19-12)20-14(18)21-22/h3-4,6-7H,5H2,1-2H3,(H3,18,19,20,21). The maximum Gasteiger partial charge on any atom is 0.277 e. The molecule has 0 saturated carbocycles. The van der Waals surface area contributed by atoms with Crippen LogP contribution in [-0.4, -0.2) is 19.6 Å². The smallest absolute Gasteiger partial charge is 0.277 e. The van der Waals surface area contributed by atoms with Crippen molar-refractivity contribution in [2.24, 2.45) is 0 Å². The first-order valence-corrected chi connectivity index (χ1v) is 7.83. The number of rotatable bonds is 3. The van der Waals surface area contributed by atoms with E-state index in [1.165, 1.54) is 4.52 Å². The van der Waals surface area contributed by atoms with Gasteiger partial charge in [0.1, 0.15) is 0 Å². The van der Waals surface area contributed by atoms with E-state index >= 15 is 0 Å². The Morgan fingerprint density at radius 1 is 1.26 bits per heavy atom. The summed E-state index contributed by atoms with van der Waals surface area (Å²) in [5, 5.41) is 3.63. The number of benzene rings is 1. The third-order valence-electron chi connectivity index (χ3n) is 3.55. The molecule has 0 bridgehead atoms. The number of fused-ring (bicyclic) bond motifs is 1. The van der Waals surface area contributed by atoms with E-state index in [1.54, 1.807) is 12.1 Å². The van der Waals surface area contributed by atoms with E-state index in [2.05, 4.69) is 15.1 Å². The molecule has 0 saturated heterocycles. The minimum absolute atomic E-state index is 0.0726. The number of halogens is 2. The van der Waals surface area contributed by atoms with Crippen LogP contribution < -0.4 is 11.3 Å². The third-order valence-corrected chi connectivity index (χ3v) is 4.29. The lowest BCUT2D eigenvalue weighted by molar-refractivity contribution is 0.769. The van der Waals surface area contributed by atoms with Crippen molar-refractivity contribution in [1.29, 1.82) is 0 Å². The molecule has 0 amide bonds. The summed E-state index contributed by atoms with van der Waals surface area (Å²) in [6.07, 6.45) is 0.401. The number of nitrogens with zero attached hydrogens (tertiary/aromatic N) is 3. The number of nitrogen functional groups attached to an aromatic ring is 1. The monoisotopic (exact) mass is 351 g/mol. The maximum atomic E-state index is 12.8. The first-order valence-electron chi connectivity index (χ1n) is 7.07. The normalized spacial score (nSPS) is 11.5. The second kappa shape index (κ2) is 5.86. The number of aromatic amines is 1. The largest absolute Gasteiger partial charge is 0.368 e. The van der Waals surface area contributed by atoms with Gasteiger partial charge in [-0.1, -0.05) is 43.1 Å². The zero-order chi connectivity index (χ0) is 16.7. The van der Waals surface area contributed by atoms with Crippen LogP contribution in [0.2, 0.25) is 10.0 Å². The van der Waals surface area contributed by atoms with E-state index in [0.717, 1.165) is 5.56 Å². The van der Waals surface area contributed by atoms with Gasteiger partial charge < -0.3 is 5.73 Å². The number of aromatic nitrogens is 4. The van der Waals surface area contributed by atoms with Gasteiger partial charge in [-0.2, -0.15) is 9.50 Å². The van der Waals surface area contributed by atoms with Crippen molar-refractivity contribution >= 4 is 34.9 Å². The SMILES string of the molecule is CC(C)c1nc2nc(N)[nH]n2c(=O)c1Cc1ccc(Cl)c(Cl)c1. The molecular weight excluding hydrogens is 337 g/mol. The zero-order valence-electron chi connectivity index (χ0n) is 12.6. The average Bonchev–Trinajstić information content (AvgIpc) is 2.86. The minimum Gasteiger partial charge on any atom is -0.368 e. The molecule has 3 rings (SSSR count). The highest BCUT2D eigenvalue weighted by Gasteiger charge is 2.18. The summed E-state index contributed by atoms with van der Waals surface area (Å²) in [6.45, 7) is 3.96. The molecule has 0 unspecified atom stereocenters. The number of hydrogen-bond acceptors (Lipinski definition) is 4. The summed E-state index contributed by atoms with van der Waals surface area (Å²) in [6, 6.07) is 5.31. The highest BCUT2D eigenvalue weighted by atomic mass is 35.5. The molecule has 23 heavy (non-hydrogen) atoms. The van der Waals surface area contributed by atoms with Gasteiger partial charge in [0, 0.05) is 12.0 Å². The Morgan fingerprint density at radius 2 is 2.00 bits per heavy atom. The van der Waals surface area contributed by atoms with Crippen molar-refractivity contribution in [3.63, 3.8) is 0 Å². The van der Waals surface area contributed by atoms with Gasteiger partial charge in [0.05, 0.1) is 15.7 Å². The highest BCUT2D eigenvalue weighted by Crippen LogP contribution is 2.25. The Balaban J connectivity index is 2.18. The lowest BCUT2D eigenvalue weighted by Gasteiger charge is -2.11. The number of H-pyrrole nitrogens is 1. The summed E-state index contributed by atoms with van der Waals surface area (Å²) in [5.41, 5.74) is 7.58. The molecule has 0 radical (unpaired) electrons. The van der Waals surface area contributed by atoms with Crippen LogP contribution in [-0.2, 0) is 6.42 Å². The fourth-order valence-corrected chi connectivity index (χ4v) is 2.80. The molecule has 0 atom stereocenters. The summed E-state index contributed by atoms with van der Waals surface area (Å²) in [7, 11) is 0. The Labute approximate surface area is 142 Å². The van der Waals surface area contributed by atoms with Crippen molar-refractivity contribution in [2.75, 3.05) is 5.73 Å². The van der Waals surface area contributed by atoms with Crippen molar-refractivity contribution in [3.05, 3.63) is 55.4 Å². The van der Waals surface area contributed by atoms with Gasteiger partial charge >= 0.3 is 0 Å². The second-order valence-corrected chi connectivity index (χ2v) is 6.42. The Bertz CT molecular complexity index is 945. The second-order valence-electron chi connectivity index (χ2n) is 5.60. The van der Waals surface area contributed by atoms with Crippen molar-refractivity contribution in [1.82, 2.24) is 19.6 Å². The van der Waals surface area contributed by atoms with Gasteiger partial charge in [0.15, 0.2) is 0 Å². The van der Waals surface area contributed by atoms with Crippen LogP contribution in [0.25, 0.3) is 5.78 Å².